The predicted octanol–water partition coefficient (Wildman–Crippen LogP) is 2.40. The van der Waals surface area contributed by atoms with Gasteiger partial charge >= 0.3 is 0 Å². The van der Waals surface area contributed by atoms with E-state index in [1.807, 2.05) is 0 Å². The molecule has 2 N–H and O–H groups in total. The Morgan fingerprint density at radius 3 is 2.82 bits per heavy atom. The quantitative estimate of drug-likeness (QED) is 0.894. The normalized spacial score (nSPS) is 10.8. The maximum Gasteiger partial charge on any atom is 0.282 e. The van der Waals surface area contributed by atoms with Gasteiger partial charge in [0.05, 0.1) is 24.7 Å². The molecule has 0 saturated carbocycles. The Kier molecular flexibility index (Phi) is 2.95. The maximum absolute atomic E-state index is 12.8. The fourth-order valence-corrected chi connectivity index (χ4v) is 1.54. The van der Waals surface area contributed by atoms with E-state index < -0.39 is 6.43 Å². The number of hydrogen-bond donors (Lipinski definition) is 1. The second-order valence-corrected chi connectivity index (χ2v) is 3.40. The Bertz CT molecular complexity index is 525. The first-order chi connectivity index (χ1) is 8.13. The van der Waals surface area contributed by atoms with Gasteiger partial charge in [-0.05, 0) is 12.1 Å². The van der Waals surface area contributed by atoms with Crippen molar-refractivity contribution >= 4 is 5.69 Å². The van der Waals surface area contributed by atoms with Crippen LogP contribution in [0.3, 0.4) is 0 Å². The second kappa shape index (κ2) is 4.40. The van der Waals surface area contributed by atoms with E-state index in [2.05, 4.69) is 5.10 Å². The van der Waals surface area contributed by atoms with Crippen molar-refractivity contribution < 1.29 is 13.5 Å². The molecule has 2 rings (SSSR count). The van der Waals surface area contributed by atoms with Gasteiger partial charge in [0.1, 0.15) is 11.4 Å². The average Bonchev–Trinajstić information content (AvgIpc) is 2.71. The number of alkyl halides is 2. The molecular formula is C11H11F2N3O. The molecule has 0 aliphatic heterocycles. The molecule has 0 radical (unpaired) electrons. The third kappa shape index (κ3) is 2.06. The van der Waals surface area contributed by atoms with Crippen molar-refractivity contribution in [3.8, 4) is 11.4 Å². The lowest BCUT2D eigenvalue weighted by Crippen LogP contribution is -2.04. The number of nitrogens with zero attached hydrogens (tertiary/aromatic N) is 2. The molecule has 17 heavy (non-hydrogen) atoms. The zero-order valence-corrected chi connectivity index (χ0v) is 9.10. The summed E-state index contributed by atoms with van der Waals surface area (Å²) in [6, 6.07) is 6.68. The Morgan fingerprint density at radius 1 is 1.41 bits per heavy atom. The molecule has 1 heterocycles. The van der Waals surface area contributed by atoms with Gasteiger partial charge in [0, 0.05) is 6.07 Å². The van der Waals surface area contributed by atoms with Crippen LogP contribution in [0.1, 0.15) is 12.1 Å². The summed E-state index contributed by atoms with van der Waals surface area (Å²) in [6.45, 7) is 0. The number of nitrogens with two attached hydrogens (primary N) is 1. The third-order valence-corrected chi connectivity index (χ3v) is 2.34. The molecule has 0 amide bonds. The van der Waals surface area contributed by atoms with Crippen LogP contribution in [0.15, 0.2) is 30.5 Å². The molecular weight excluding hydrogens is 228 g/mol. The second-order valence-electron chi connectivity index (χ2n) is 3.40. The number of halogens is 2. The van der Waals surface area contributed by atoms with E-state index in [9.17, 15) is 8.78 Å². The first-order valence-corrected chi connectivity index (χ1v) is 4.89. The smallest absolute Gasteiger partial charge is 0.282 e. The van der Waals surface area contributed by atoms with E-state index >= 15 is 0 Å². The van der Waals surface area contributed by atoms with E-state index in [0.29, 0.717) is 11.4 Å². The van der Waals surface area contributed by atoms with Crippen LogP contribution < -0.4 is 10.5 Å². The summed E-state index contributed by atoms with van der Waals surface area (Å²) in [7, 11) is 1.50. The van der Waals surface area contributed by atoms with E-state index in [4.69, 9.17) is 10.5 Å². The molecule has 0 saturated heterocycles. The first kappa shape index (κ1) is 11.4. The fourth-order valence-electron chi connectivity index (χ4n) is 1.54. The molecule has 1 aromatic heterocycles. The van der Waals surface area contributed by atoms with Gasteiger partial charge in [-0.2, -0.15) is 5.10 Å². The number of benzene rings is 1. The van der Waals surface area contributed by atoms with Crippen molar-refractivity contribution in [2.45, 2.75) is 6.43 Å². The van der Waals surface area contributed by atoms with Crippen LogP contribution in [0.2, 0.25) is 0 Å². The first-order valence-electron chi connectivity index (χ1n) is 4.89. The van der Waals surface area contributed by atoms with Crippen molar-refractivity contribution in [1.29, 1.82) is 0 Å². The molecule has 4 nitrogen and oxygen atoms in total. The minimum absolute atomic E-state index is 0.0252. The standard InChI is InChI=1S/C11H11F2N3O/c1-17-8-4-2-3-7(5-8)16-10(11(12)13)9(14)6-15-16/h2-6,11H,14H2,1H3. The molecule has 0 atom stereocenters. The average molecular weight is 239 g/mol. The molecule has 1 aromatic carbocycles. The number of nitrogen functional groups attached to an aromatic ring is 1. The lowest BCUT2D eigenvalue weighted by Gasteiger charge is -2.08. The van der Waals surface area contributed by atoms with Gasteiger partial charge in [0.25, 0.3) is 6.43 Å². The third-order valence-electron chi connectivity index (χ3n) is 2.34. The van der Waals surface area contributed by atoms with Crippen LogP contribution >= 0.6 is 0 Å². The SMILES string of the molecule is COc1cccc(-n2ncc(N)c2C(F)F)c1. The zero-order valence-electron chi connectivity index (χ0n) is 9.10. The Balaban J connectivity index is 2.52. The van der Waals surface area contributed by atoms with E-state index in [0.717, 1.165) is 4.68 Å². The molecule has 0 aliphatic carbocycles. The number of ether oxygens (including phenoxy) is 1. The number of aromatic nitrogens is 2. The van der Waals surface area contributed by atoms with Gasteiger partial charge in [-0.3, -0.25) is 0 Å². The van der Waals surface area contributed by atoms with E-state index in [1.165, 1.54) is 13.3 Å². The Morgan fingerprint density at radius 2 is 2.18 bits per heavy atom. The minimum atomic E-state index is -2.68. The Labute approximate surface area is 96.6 Å². The van der Waals surface area contributed by atoms with Gasteiger partial charge in [0.15, 0.2) is 0 Å². The number of methoxy groups -OCH3 is 1. The molecule has 2 aromatic rings. The molecule has 90 valence electrons. The van der Waals surface area contributed by atoms with Gasteiger partial charge in [-0.1, -0.05) is 6.07 Å². The van der Waals surface area contributed by atoms with Crippen molar-refractivity contribution in [3.05, 3.63) is 36.2 Å². The van der Waals surface area contributed by atoms with Crippen LogP contribution in [0.25, 0.3) is 5.69 Å². The summed E-state index contributed by atoms with van der Waals surface area (Å²) >= 11 is 0. The summed E-state index contributed by atoms with van der Waals surface area (Å²) in [5.74, 6) is 0.566. The van der Waals surface area contributed by atoms with Gasteiger partial charge in [-0.25, -0.2) is 13.5 Å². The highest BCUT2D eigenvalue weighted by Gasteiger charge is 2.19. The van der Waals surface area contributed by atoms with Crippen LogP contribution in [-0.4, -0.2) is 16.9 Å². The number of anilines is 1. The van der Waals surface area contributed by atoms with Gasteiger partial charge in [-0.15, -0.1) is 0 Å². The summed E-state index contributed by atoms with van der Waals surface area (Å²) in [4.78, 5) is 0. The van der Waals surface area contributed by atoms with E-state index in [-0.39, 0.29) is 11.4 Å². The highest BCUT2D eigenvalue weighted by molar-refractivity contribution is 5.48. The van der Waals surface area contributed by atoms with Crippen LogP contribution in [-0.2, 0) is 0 Å². The number of hydrogen-bond acceptors (Lipinski definition) is 3. The maximum atomic E-state index is 12.8. The lowest BCUT2D eigenvalue weighted by molar-refractivity contribution is 0.143. The summed E-state index contributed by atoms with van der Waals surface area (Å²) in [5, 5.41) is 3.84. The number of rotatable bonds is 3. The molecule has 0 spiro atoms. The predicted molar refractivity (Wildman–Crippen MR) is 59.5 cm³/mol. The molecule has 0 unspecified atom stereocenters. The van der Waals surface area contributed by atoms with Crippen molar-refractivity contribution in [3.63, 3.8) is 0 Å². The lowest BCUT2D eigenvalue weighted by atomic mass is 10.3. The highest BCUT2D eigenvalue weighted by Crippen LogP contribution is 2.28. The highest BCUT2D eigenvalue weighted by atomic mass is 19.3. The minimum Gasteiger partial charge on any atom is -0.497 e. The van der Waals surface area contributed by atoms with Gasteiger partial charge in [0.2, 0.25) is 0 Å². The Hall–Kier alpha value is -2.11. The van der Waals surface area contributed by atoms with Crippen molar-refractivity contribution in [2.75, 3.05) is 12.8 Å². The van der Waals surface area contributed by atoms with Crippen LogP contribution in [0.5, 0.6) is 5.75 Å². The molecule has 0 bridgehead atoms. The summed E-state index contributed by atoms with van der Waals surface area (Å²) in [6.07, 6.45) is -1.47. The molecule has 6 heteroatoms. The van der Waals surface area contributed by atoms with Crippen LogP contribution in [0, 0.1) is 0 Å². The molecule has 0 aliphatic rings. The summed E-state index contributed by atoms with van der Waals surface area (Å²) < 4.78 is 31.8. The zero-order chi connectivity index (χ0) is 12.4. The van der Waals surface area contributed by atoms with Crippen molar-refractivity contribution in [1.82, 2.24) is 9.78 Å². The van der Waals surface area contributed by atoms with Crippen molar-refractivity contribution in [2.24, 2.45) is 0 Å². The largest absolute Gasteiger partial charge is 0.497 e. The molecule has 0 fully saturated rings. The topological polar surface area (TPSA) is 53.1 Å². The summed E-state index contributed by atoms with van der Waals surface area (Å²) in [5.41, 5.74) is 5.61. The van der Waals surface area contributed by atoms with Crippen LogP contribution in [0.4, 0.5) is 14.5 Å². The van der Waals surface area contributed by atoms with Gasteiger partial charge < -0.3 is 10.5 Å². The fraction of sp³-hybridized carbons (Fsp3) is 0.182. The monoisotopic (exact) mass is 239 g/mol. The van der Waals surface area contributed by atoms with E-state index in [1.54, 1.807) is 24.3 Å².